The molecule has 1 atom stereocenters. The molecule has 0 bridgehead atoms. The van der Waals surface area contributed by atoms with E-state index in [4.69, 9.17) is 0 Å². The molecule has 1 saturated heterocycles. The Morgan fingerprint density at radius 3 is 1.89 bits per heavy atom. The SMILES string of the molecule is CC(C)CC(C(=O)N1CCN(C(C)C)CC1)N1C(=O)c2ccccc2C1=O. The highest BCUT2D eigenvalue weighted by Crippen LogP contribution is 2.28. The van der Waals surface area contributed by atoms with Gasteiger partial charge < -0.3 is 4.90 Å². The summed E-state index contributed by atoms with van der Waals surface area (Å²) in [6, 6.07) is 6.53. The van der Waals surface area contributed by atoms with Crippen LogP contribution in [-0.2, 0) is 4.79 Å². The van der Waals surface area contributed by atoms with Gasteiger partial charge in [-0.25, -0.2) is 0 Å². The maximum Gasteiger partial charge on any atom is 0.262 e. The minimum atomic E-state index is -0.733. The van der Waals surface area contributed by atoms with E-state index < -0.39 is 6.04 Å². The van der Waals surface area contributed by atoms with Gasteiger partial charge in [0.25, 0.3) is 11.8 Å². The molecule has 1 unspecified atom stereocenters. The average molecular weight is 371 g/mol. The monoisotopic (exact) mass is 371 g/mol. The summed E-state index contributed by atoms with van der Waals surface area (Å²) in [4.78, 5) is 44.4. The number of imide groups is 1. The van der Waals surface area contributed by atoms with Crippen LogP contribution in [-0.4, -0.2) is 70.7 Å². The molecule has 1 aromatic rings. The van der Waals surface area contributed by atoms with Gasteiger partial charge in [-0.15, -0.1) is 0 Å². The number of hydrogen-bond donors (Lipinski definition) is 0. The lowest BCUT2D eigenvalue weighted by atomic mass is 10.0. The highest BCUT2D eigenvalue weighted by Gasteiger charge is 2.44. The zero-order valence-corrected chi connectivity index (χ0v) is 16.6. The molecule has 0 N–H and O–H groups in total. The van der Waals surface area contributed by atoms with Crippen LogP contribution < -0.4 is 0 Å². The third kappa shape index (κ3) is 3.76. The predicted molar refractivity (Wildman–Crippen MR) is 103 cm³/mol. The van der Waals surface area contributed by atoms with E-state index in [1.807, 2.05) is 18.7 Å². The summed E-state index contributed by atoms with van der Waals surface area (Å²) in [6.45, 7) is 11.2. The van der Waals surface area contributed by atoms with Crippen molar-refractivity contribution in [2.45, 2.75) is 46.2 Å². The smallest absolute Gasteiger partial charge is 0.262 e. The van der Waals surface area contributed by atoms with Crippen LogP contribution in [0.3, 0.4) is 0 Å². The molecule has 2 aliphatic rings. The number of hydrogen-bond acceptors (Lipinski definition) is 4. The largest absolute Gasteiger partial charge is 0.338 e. The summed E-state index contributed by atoms with van der Waals surface area (Å²) in [5.41, 5.74) is 0.794. The van der Waals surface area contributed by atoms with E-state index in [9.17, 15) is 14.4 Å². The Bertz CT molecular complexity index is 701. The molecule has 3 amide bonds. The molecule has 0 spiro atoms. The number of carbonyl (C=O) groups excluding carboxylic acids is 3. The maximum atomic E-state index is 13.3. The van der Waals surface area contributed by atoms with Crippen LogP contribution >= 0.6 is 0 Å². The van der Waals surface area contributed by atoms with Crippen molar-refractivity contribution in [3.8, 4) is 0 Å². The molecular weight excluding hydrogens is 342 g/mol. The van der Waals surface area contributed by atoms with Crippen LogP contribution in [0.5, 0.6) is 0 Å². The van der Waals surface area contributed by atoms with E-state index in [1.165, 1.54) is 4.90 Å². The molecule has 0 aliphatic carbocycles. The van der Waals surface area contributed by atoms with Gasteiger partial charge in [-0.05, 0) is 38.3 Å². The van der Waals surface area contributed by atoms with Crippen molar-refractivity contribution >= 4 is 17.7 Å². The Kier molecular flexibility index (Phi) is 5.65. The Hall–Kier alpha value is -2.21. The van der Waals surface area contributed by atoms with Gasteiger partial charge in [0, 0.05) is 32.2 Å². The quantitative estimate of drug-likeness (QED) is 0.745. The Balaban J connectivity index is 1.82. The minimum Gasteiger partial charge on any atom is -0.338 e. The summed E-state index contributed by atoms with van der Waals surface area (Å²) in [5.74, 6) is -0.618. The van der Waals surface area contributed by atoms with Gasteiger partial charge in [0.2, 0.25) is 5.91 Å². The first-order chi connectivity index (χ1) is 12.8. The predicted octanol–water partition coefficient (Wildman–Crippen LogP) is 2.25. The van der Waals surface area contributed by atoms with E-state index >= 15 is 0 Å². The molecule has 27 heavy (non-hydrogen) atoms. The number of amides is 3. The lowest BCUT2D eigenvalue weighted by molar-refractivity contribution is -0.138. The van der Waals surface area contributed by atoms with Crippen LogP contribution in [0.15, 0.2) is 24.3 Å². The van der Waals surface area contributed by atoms with Gasteiger partial charge in [-0.3, -0.25) is 24.2 Å². The average Bonchev–Trinajstić information content (AvgIpc) is 2.90. The molecule has 146 valence electrons. The Morgan fingerprint density at radius 2 is 1.44 bits per heavy atom. The molecule has 3 rings (SSSR count). The van der Waals surface area contributed by atoms with Crippen molar-refractivity contribution < 1.29 is 14.4 Å². The molecule has 0 saturated carbocycles. The molecule has 0 aromatic heterocycles. The molecule has 6 heteroatoms. The summed E-state index contributed by atoms with van der Waals surface area (Å²) in [5, 5.41) is 0. The van der Waals surface area contributed by atoms with E-state index in [0.29, 0.717) is 36.7 Å². The van der Waals surface area contributed by atoms with Crippen molar-refractivity contribution in [3.63, 3.8) is 0 Å². The second-order valence-electron chi connectivity index (χ2n) is 8.13. The first kappa shape index (κ1) is 19.5. The van der Waals surface area contributed by atoms with Crippen molar-refractivity contribution in [3.05, 3.63) is 35.4 Å². The standard InChI is InChI=1S/C21H29N3O3/c1-14(2)13-18(21(27)23-11-9-22(10-12-23)15(3)4)24-19(25)16-7-5-6-8-17(16)20(24)26/h5-8,14-15,18H,9-13H2,1-4H3. The van der Waals surface area contributed by atoms with Gasteiger partial charge in [-0.1, -0.05) is 26.0 Å². The molecule has 2 aliphatic heterocycles. The van der Waals surface area contributed by atoms with Gasteiger partial charge in [0.15, 0.2) is 0 Å². The lowest BCUT2D eigenvalue weighted by Crippen LogP contribution is -2.57. The van der Waals surface area contributed by atoms with Crippen molar-refractivity contribution in [1.29, 1.82) is 0 Å². The highest BCUT2D eigenvalue weighted by atomic mass is 16.2. The number of carbonyl (C=O) groups is 3. The summed E-state index contributed by atoms with van der Waals surface area (Å²) >= 11 is 0. The van der Waals surface area contributed by atoms with Crippen molar-refractivity contribution in [2.75, 3.05) is 26.2 Å². The second kappa shape index (κ2) is 7.80. The number of rotatable bonds is 5. The van der Waals surface area contributed by atoms with Crippen LogP contribution in [0.2, 0.25) is 0 Å². The first-order valence-corrected chi connectivity index (χ1v) is 9.81. The fourth-order valence-corrected chi connectivity index (χ4v) is 3.92. The maximum absolute atomic E-state index is 13.3. The highest BCUT2D eigenvalue weighted by molar-refractivity contribution is 6.22. The number of benzene rings is 1. The van der Waals surface area contributed by atoms with Gasteiger partial charge >= 0.3 is 0 Å². The fraction of sp³-hybridized carbons (Fsp3) is 0.571. The number of nitrogens with zero attached hydrogens (tertiary/aromatic N) is 3. The molecule has 2 heterocycles. The molecule has 6 nitrogen and oxygen atoms in total. The normalized spacial score (nSPS) is 19.2. The molecule has 1 aromatic carbocycles. The summed E-state index contributed by atoms with van der Waals surface area (Å²) < 4.78 is 0. The van der Waals surface area contributed by atoms with E-state index in [2.05, 4.69) is 18.7 Å². The number of piperazine rings is 1. The van der Waals surface area contributed by atoms with Crippen LogP contribution in [0, 0.1) is 5.92 Å². The first-order valence-electron chi connectivity index (χ1n) is 9.81. The van der Waals surface area contributed by atoms with Gasteiger partial charge in [0.1, 0.15) is 6.04 Å². The summed E-state index contributed by atoms with van der Waals surface area (Å²) in [7, 11) is 0. The lowest BCUT2D eigenvalue weighted by Gasteiger charge is -2.39. The third-order valence-electron chi connectivity index (χ3n) is 5.47. The summed E-state index contributed by atoms with van der Waals surface area (Å²) in [6.07, 6.45) is 0.481. The van der Waals surface area contributed by atoms with Gasteiger partial charge in [0.05, 0.1) is 11.1 Å². The van der Waals surface area contributed by atoms with Crippen LogP contribution in [0.4, 0.5) is 0 Å². The molecular formula is C21H29N3O3. The zero-order chi connectivity index (χ0) is 19.7. The van der Waals surface area contributed by atoms with Crippen LogP contribution in [0.1, 0.15) is 54.8 Å². The third-order valence-corrected chi connectivity index (χ3v) is 5.47. The van der Waals surface area contributed by atoms with Crippen LogP contribution in [0.25, 0.3) is 0 Å². The van der Waals surface area contributed by atoms with Crippen molar-refractivity contribution in [1.82, 2.24) is 14.7 Å². The Labute approximate surface area is 161 Å². The topological polar surface area (TPSA) is 60.9 Å². The second-order valence-corrected chi connectivity index (χ2v) is 8.13. The van der Waals surface area contributed by atoms with E-state index in [-0.39, 0.29) is 23.6 Å². The van der Waals surface area contributed by atoms with E-state index in [0.717, 1.165) is 13.1 Å². The minimum absolute atomic E-state index is 0.110. The fourth-order valence-electron chi connectivity index (χ4n) is 3.92. The van der Waals surface area contributed by atoms with Crippen molar-refractivity contribution in [2.24, 2.45) is 5.92 Å². The Morgan fingerprint density at radius 1 is 0.926 bits per heavy atom. The molecule has 1 fully saturated rings. The van der Waals surface area contributed by atoms with E-state index in [1.54, 1.807) is 24.3 Å². The van der Waals surface area contributed by atoms with Gasteiger partial charge in [-0.2, -0.15) is 0 Å². The molecule has 0 radical (unpaired) electrons. The number of fused-ring (bicyclic) bond motifs is 1. The zero-order valence-electron chi connectivity index (χ0n) is 16.6.